The van der Waals surface area contributed by atoms with Gasteiger partial charge in [-0.15, -0.1) is 24.0 Å². The molecule has 30 heavy (non-hydrogen) atoms. The van der Waals surface area contributed by atoms with Gasteiger partial charge in [0.05, 0.1) is 13.2 Å². The minimum atomic E-state index is -0.0285. The van der Waals surface area contributed by atoms with Crippen molar-refractivity contribution in [2.24, 2.45) is 10.4 Å². The summed E-state index contributed by atoms with van der Waals surface area (Å²) in [5, 5.41) is 16.2. The molecule has 1 fully saturated rings. The maximum absolute atomic E-state index is 9.42. The minimum Gasteiger partial charge on any atom is -0.457 e. The summed E-state index contributed by atoms with van der Waals surface area (Å²) in [7, 11) is 0. The lowest BCUT2D eigenvalue weighted by Gasteiger charge is -2.27. The molecule has 2 aromatic rings. The summed E-state index contributed by atoms with van der Waals surface area (Å²) in [6.07, 6.45) is 1.68. The maximum Gasteiger partial charge on any atom is 0.191 e. The average Bonchev–Trinajstić information content (AvgIpc) is 3.21. The van der Waals surface area contributed by atoms with Crippen molar-refractivity contribution in [2.75, 3.05) is 32.9 Å². The molecule has 1 atom stereocenters. The van der Waals surface area contributed by atoms with Gasteiger partial charge in [0.25, 0.3) is 0 Å². The molecule has 0 bridgehead atoms. The Kier molecular flexibility index (Phi) is 10.4. The molecular weight excluding hydrogens is 493 g/mol. The first-order valence-electron chi connectivity index (χ1n) is 10.3. The van der Waals surface area contributed by atoms with E-state index in [1.165, 1.54) is 0 Å². The van der Waals surface area contributed by atoms with E-state index < -0.39 is 0 Å². The molecule has 0 aromatic heterocycles. The number of aliphatic hydroxyl groups is 1. The van der Waals surface area contributed by atoms with E-state index in [0.717, 1.165) is 55.6 Å². The molecule has 0 amide bonds. The summed E-state index contributed by atoms with van der Waals surface area (Å²) in [4.78, 5) is 4.75. The fourth-order valence-electron chi connectivity index (χ4n) is 3.44. The molecule has 1 unspecified atom stereocenters. The van der Waals surface area contributed by atoms with Gasteiger partial charge in [0.1, 0.15) is 11.5 Å². The molecule has 164 valence electrons. The van der Waals surface area contributed by atoms with Crippen LogP contribution in [0.2, 0.25) is 0 Å². The molecule has 0 spiro atoms. The second-order valence-corrected chi connectivity index (χ2v) is 7.35. The maximum atomic E-state index is 9.42. The number of aliphatic hydroxyl groups excluding tert-OH is 1. The van der Waals surface area contributed by atoms with Crippen molar-refractivity contribution >= 4 is 29.9 Å². The number of ether oxygens (including phenoxy) is 2. The molecule has 3 rings (SSSR count). The van der Waals surface area contributed by atoms with Crippen LogP contribution >= 0.6 is 24.0 Å². The van der Waals surface area contributed by atoms with Gasteiger partial charge >= 0.3 is 0 Å². The van der Waals surface area contributed by atoms with Crippen LogP contribution in [0.25, 0.3) is 0 Å². The van der Waals surface area contributed by atoms with Crippen LogP contribution in [0.4, 0.5) is 0 Å². The number of rotatable bonds is 9. The molecule has 0 aliphatic carbocycles. The van der Waals surface area contributed by atoms with Crippen LogP contribution < -0.4 is 15.4 Å². The highest BCUT2D eigenvalue weighted by Gasteiger charge is 2.34. The van der Waals surface area contributed by atoms with Crippen molar-refractivity contribution in [1.29, 1.82) is 0 Å². The zero-order valence-electron chi connectivity index (χ0n) is 17.5. The Balaban J connectivity index is 0.00000320. The van der Waals surface area contributed by atoms with E-state index in [9.17, 15) is 5.11 Å². The fraction of sp³-hybridized carbons (Fsp3) is 0.435. The predicted octanol–water partition coefficient (Wildman–Crippen LogP) is 3.94. The molecule has 0 radical (unpaired) electrons. The summed E-state index contributed by atoms with van der Waals surface area (Å²) in [6, 6.07) is 17.7. The molecular formula is C23H32IN3O3. The average molecular weight is 525 g/mol. The van der Waals surface area contributed by atoms with E-state index in [1.807, 2.05) is 61.5 Å². The molecule has 2 aromatic carbocycles. The van der Waals surface area contributed by atoms with Crippen LogP contribution in [0.1, 0.15) is 25.3 Å². The van der Waals surface area contributed by atoms with Gasteiger partial charge < -0.3 is 25.2 Å². The quantitative estimate of drug-likeness (QED) is 0.263. The van der Waals surface area contributed by atoms with Crippen molar-refractivity contribution in [3.63, 3.8) is 0 Å². The highest BCUT2D eigenvalue weighted by atomic mass is 127. The van der Waals surface area contributed by atoms with Gasteiger partial charge in [-0.2, -0.15) is 0 Å². The van der Waals surface area contributed by atoms with Crippen molar-refractivity contribution in [3.05, 3.63) is 60.2 Å². The zero-order valence-corrected chi connectivity index (χ0v) is 19.8. The van der Waals surface area contributed by atoms with E-state index >= 15 is 0 Å². The SMILES string of the molecule is CCNC(=NCc1ccccc1Oc1ccccc1)NCC1(CCO)CCOC1.I. The topological polar surface area (TPSA) is 75.1 Å². The van der Waals surface area contributed by atoms with Gasteiger partial charge in [-0.3, -0.25) is 0 Å². The first-order chi connectivity index (χ1) is 14.2. The van der Waals surface area contributed by atoms with Gasteiger partial charge in [0.2, 0.25) is 0 Å². The van der Waals surface area contributed by atoms with E-state index in [0.29, 0.717) is 13.2 Å². The Morgan fingerprint density at radius 1 is 1.13 bits per heavy atom. The number of nitrogens with one attached hydrogen (secondary N) is 2. The third-order valence-electron chi connectivity index (χ3n) is 5.15. The zero-order chi connectivity index (χ0) is 20.4. The normalized spacial score (nSPS) is 18.5. The smallest absolute Gasteiger partial charge is 0.191 e. The largest absolute Gasteiger partial charge is 0.457 e. The number of hydrogen-bond donors (Lipinski definition) is 3. The molecule has 7 heteroatoms. The van der Waals surface area contributed by atoms with Crippen LogP contribution in [-0.4, -0.2) is 44.0 Å². The lowest BCUT2D eigenvalue weighted by molar-refractivity contribution is 0.127. The summed E-state index contributed by atoms with van der Waals surface area (Å²) in [6.45, 7) is 5.64. The van der Waals surface area contributed by atoms with E-state index in [1.54, 1.807) is 0 Å². The minimum absolute atomic E-state index is 0. The second kappa shape index (κ2) is 12.8. The Bertz CT molecular complexity index is 780. The fourth-order valence-corrected chi connectivity index (χ4v) is 3.44. The molecule has 0 saturated carbocycles. The second-order valence-electron chi connectivity index (χ2n) is 7.35. The van der Waals surface area contributed by atoms with Crippen molar-refractivity contribution < 1.29 is 14.6 Å². The molecule has 1 saturated heterocycles. The summed E-state index contributed by atoms with van der Waals surface area (Å²) >= 11 is 0. The third kappa shape index (κ3) is 7.14. The summed E-state index contributed by atoms with van der Waals surface area (Å²) < 4.78 is 11.6. The van der Waals surface area contributed by atoms with Crippen LogP contribution in [0.5, 0.6) is 11.5 Å². The predicted molar refractivity (Wildman–Crippen MR) is 131 cm³/mol. The van der Waals surface area contributed by atoms with E-state index in [4.69, 9.17) is 14.5 Å². The molecule has 1 heterocycles. The number of halogens is 1. The number of aliphatic imine (C=N–C) groups is 1. The van der Waals surface area contributed by atoms with Crippen LogP contribution in [-0.2, 0) is 11.3 Å². The molecule has 3 N–H and O–H groups in total. The lowest BCUT2D eigenvalue weighted by Crippen LogP contribution is -2.44. The van der Waals surface area contributed by atoms with Crippen molar-refractivity contribution in [1.82, 2.24) is 10.6 Å². The van der Waals surface area contributed by atoms with Crippen LogP contribution in [0, 0.1) is 5.41 Å². The highest BCUT2D eigenvalue weighted by molar-refractivity contribution is 14.0. The molecule has 1 aliphatic rings. The van der Waals surface area contributed by atoms with E-state index in [-0.39, 0.29) is 36.0 Å². The van der Waals surface area contributed by atoms with Crippen molar-refractivity contribution in [2.45, 2.75) is 26.3 Å². The Hall–Kier alpha value is -1.84. The van der Waals surface area contributed by atoms with Gasteiger partial charge in [0.15, 0.2) is 5.96 Å². The number of nitrogens with zero attached hydrogens (tertiary/aromatic N) is 1. The summed E-state index contributed by atoms with van der Waals surface area (Å²) in [5.74, 6) is 2.37. The van der Waals surface area contributed by atoms with Crippen molar-refractivity contribution in [3.8, 4) is 11.5 Å². The first kappa shape index (κ1) is 24.4. The Labute approximate surface area is 196 Å². The molecule has 1 aliphatic heterocycles. The monoisotopic (exact) mass is 525 g/mol. The number of guanidine groups is 1. The van der Waals surface area contributed by atoms with Gasteiger partial charge in [-0.1, -0.05) is 36.4 Å². The van der Waals surface area contributed by atoms with Gasteiger partial charge in [-0.25, -0.2) is 4.99 Å². The number of para-hydroxylation sites is 2. The highest BCUT2D eigenvalue weighted by Crippen LogP contribution is 2.31. The number of hydrogen-bond acceptors (Lipinski definition) is 4. The third-order valence-corrected chi connectivity index (χ3v) is 5.15. The summed E-state index contributed by atoms with van der Waals surface area (Å²) in [5.41, 5.74) is 0.988. The lowest BCUT2D eigenvalue weighted by atomic mass is 9.84. The number of benzene rings is 2. The van der Waals surface area contributed by atoms with Gasteiger partial charge in [0, 0.05) is 37.3 Å². The van der Waals surface area contributed by atoms with E-state index in [2.05, 4.69) is 10.6 Å². The first-order valence-corrected chi connectivity index (χ1v) is 10.3. The van der Waals surface area contributed by atoms with Crippen LogP contribution in [0.3, 0.4) is 0 Å². The molecule has 6 nitrogen and oxygen atoms in total. The van der Waals surface area contributed by atoms with Gasteiger partial charge in [-0.05, 0) is 38.0 Å². The standard InChI is InChI=1S/C23H31N3O3.HI/c1-2-24-22(26-17-23(12-14-27)13-15-28-18-23)25-16-19-8-6-7-11-21(19)29-20-9-4-3-5-10-20;/h3-11,27H,2,12-18H2,1H3,(H2,24,25,26);1H. The Morgan fingerprint density at radius 2 is 1.90 bits per heavy atom. The van der Waals surface area contributed by atoms with Crippen LogP contribution in [0.15, 0.2) is 59.6 Å². The Morgan fingerprint density at radius 3 is 2.60 bits per heavy atom.